The normalized spacial score (nSPS) is 10.8. The fourth-order valence-corrected chi connectivity index (χ4v) is 3.21. The number of thiocarbonyl (C=S) groups is 1. The second kappa shape index (κ2) is 14.9. The molecule has 1 aromatic carbocycles. The second-order valence-electron chi connectivity index (χ2n) is 7.02. The van der Waals surface area contributed by atoms with E-state index in [0.717, 1.165) is 31.7 Å². The third kappa shape index (κ3) is 10.9. The van der Waals surface area contributed by atoms with Crippen molar-refractivity contribution in [2.75, 3.05) is 25.0 Å². The molecule has 6 heteroatoms. The summed E-state index contributed by atoms with van der Waals surface area (Å²) in [6.45, 7) is 5.63. The number of nitrogens with zero attached hydrogens (tertiary/aromatic N) is 2. The maximum Gasteiger partial charge on any atom is 0.170 e. The van der Waals surface area contributed by atoms with E-state index in [4.69, 9.17) is 17.1 Å². The Morgan fingerprint density at radius 2 is 1.66 bits per heavy atom. The minimum absolute atomic E-state index is 0.652. The summed E-state index contributed by atoms with van der Waals surface area (Å²) in [5.41, 5.74) is 2.18. The number of nitrogens with one attached hydrogen (secondary N) is 2. The monoisotopic (exact) mass is 414 g/mol. The Bertz CT molecular complexity index is 669. The Morgan fingerprint density at radius 1 is 0.966 bits per heavy atom. The van der Waals surface area contributed by atoms with Gasteiger partial charge in [-0.2, -0.15) is 5.06 Å². The number of unbranched alkanes of at least 4 members (excludes halogenated alkanes) is 5. The zero-order valence-corrected chi connectivity index (χ0v) is 18.3. The Kier molecular flexibility index (Phi) is 12.0. The summed E-state index contributed by atoms with van der Waals surface area (Å²) in [6, 6.07) is 14.1. The Hall–Kier alpha value is -2.02. The lowest BCUT2D eigenvalue weighted by atomic mass is 10.1. The van der Waals surface area contributed by atoms with E-state index in [9.17, 15) is 0 Å². The van der Waals surface area contributed by atoms with Crippen molar-refractivity contribution in [3.05, 3.63) is 60.4 Å². The van der Waals surface area contributed by atoms with Gasteiger partial charge in [-0.25, -0.2) is 0 Å². The molecule has 29 heavy (non-hydrogen) atoms. The third-order valence-corrected chi connectivity index (χ3v) is 4.91. The lowest BCUT2D eigenvalue weighted by Gasteiger charge is -2.20. The first-order chi connectivity index (χ1) is 14.3. The predicted octanol–water partition coefficient (Wildman–Crippen LogP) is 5.16. The summed E-state index contributed by atoms with van der Waals surface area (Å²) in [7, 11) is 0. The van der Waals surface area contributed by atoms with Gasteiger partial charge in [0.1, 0.15) is 0 Å². The molecule has 2 N–H and O–H groups in total. The number of anilines is 1. The number of hydroxylamine groups is 2. The third-order valence-electron chi connectivity index (χ3n) is 4.67. The molecule has 0 bridgehead atoms. The van der Waals surface area contributed by atoms with Crippen LogP contribution in [-0.4, -0.2) is 34.8 Å². The highest BCUT2D eigenvalue weighted by atomic mass is 32.1. The summed E-state index contributed by atoms with van der Waals surface area (Å²) < 4.78 is 0. The topological polar surface area (TPSA) is 49.4 Å². The maximum absolute atomic E-state index is 5.91. The van der Waals surface area contributed by atoms with Crippen LogP contribution in [0.3, 0.4) is 0 Å². The molecule has 2 rings (SSSR count). The van der Waals surface area contributed by atoms with Crippen LogP contribution >= 0.6 is 12.2 Å². The number of rotatable bonds is 14. The largest absolute Gasteiger partial charge is 0.362 e. The molecule has 5 nitrogen and oxygen atoms in total. The number of hydrogen-bond donors (Lipinski definition) is 2. The molecule has 0 saturated carbocycles. The first kappa shape index (κ1) is 23.3. The molecule has 0 aliphatic heterocycles. The molecule has 0 fully saturated rings. The standard InChI is InChI=1S/C23H34N4OS/c1-2-27(28-20-21-12-8-7-9-13-21)19-11-6-4-3-5-10-16-25-23(29)26-22-14-17-24-18-15-22/h7-9,12-15,17-18H,2-6,10-11,16,19-20H2,1H3,(H2,24,25,26,29). The molecule has 0 aliphatic carbocycles. The Morgan fingerprint density at radius 3 is 2.38 bits per heavy atom. The van der Waals surface area contributed by atoms with Gasteiger partial charge in [0.15, 0.2) is 5.11 Å². The van der Waals surface area contributed by atoms with Crippen LogP contribution in [0.4, 0.5) is 5.69 Å². The molecule has 0 spiro atoms. The molecule has 0 unspecified atom stereocenters. The molecule has 1 heterocycles. The van der Waals surface area contributed by atoms with E-state index >= 15 is 0 Å². The van der Waals surface area contributed by atoms with Crippen molar-refractivity contribution in [2.24, 2.45) is 0 Å². The first-order valence-corrected chi connectivity index (χ1v) is 11.1. The molecule has 1 aromatic heterocycles. The maximum atomic E-state index is 5.91. The van der Waals surface area contributed by atoms with Crippen LogP contribution in [0.1, 0.15) is 51.0 Å². The van der Waals surface area contributed by atoms with Crippen LogP contribution in [0.25, 0.3) is 0 Å². The van der Waals surface area contributed by atoms with Gasteiger partial charge in [-0.3, -0.25) is 9.82 Å². The zero-order chi connectivity index (χ0) is 20.6. The van der Waals surface area contributed by atoms with Crippen molar-refractivity contribution in [1.82, 2.24) is 15.4 Å². The van der Waals surface area contributed by atoms with Crippen LogP contribution in [0.5, 0.6) is 0 Å². The minimum atomic E-state index is 0.652. The predicted molar refractivity (Wildman–Crippen MR) is 125 cm³/mol. The molecular weight excluding hydrogens is 380 g/mol. The van der Waals surface area contributed by atoms with Crippen molar-refractivity contribution in [1.29, 1.82) is 0 Å². The van der Waals surface area contributed by atoms with Gasteiger partial charge in [-0.15, -0.1) is 0 Å². The van der Waals surface area contributed by atoms with Crippen LogP contribution in [0.2, 0.25) is 0 Å². The average Bonchev–Trinajstić information content (AvgIpc) is 2.76. The van der Waals surface area contributed by atoms with E-state index < -0.39 is 0 Å². The quantitative estimate of drug-likeness (QED) is 0.253. The highest BCUT2D eigenvalue weighted by Gasteiger charge is 2.03. The van der Waals surface area contributed by atoms with Crippen molar-refractivity contribution in [3.8, 4) is 0 Å². The van der Waals surface area contributed by atoms with E-state index in [0.29, 0.717) is 11.7 Å². The van der Waals surface area contributed by atoms with Gasteiger partial charge in [0.25, 0.3) is 0 Å². The van der Waals surface area contributed by atoms with Crippen LogP contribution in [0, 0.1) is 0 Å². The van der Waals surface area contributed by atoms with E-state index in [1.54, 1.807) is 12.4 Å². The van der Waals surface area contributed by atoms with E-state index in [-0.39, 0.29) is 0 Å². The fraction of sp³-hybridized carbons (Fsp3) is 0.478. The van der Waals surface area contributed by atoms with E-state index in [1.807, 2.05) is 18.2 Å². The second-order valence-corrected chi connectivity index (χ2v) is 7.43. The molecule has 2 aromatic rings. The van der Waals surface area contributed by atoms with Gasteiger partial charge in [0.2, 0.25) is 0 Å². The molecule has 0 atom stereocenters. The summed E-state index contributed by atoms with van der Waals surface area (Å²) in [6.07, 6.45) is 10.8. The van der Waals surface area contributed by atoms with Gasteiger partial charge in [0, 0.05) is 37.7 Å². The zero-order valence-electron chi connectivity index (χ0n) is 17.5. The van der Waals surface area contributed by atoms with Crippen LogP contribution < -0.4 is 10.6 Å². The van der Waals surface area contributed by atoms with E-state index in [1.165, 1.54) is 37.7 Å². The van der Waals surface area contributed by atoms with Gasteiger partial charge < -0.3 is 10.6 Å². The van der Waals surface area contributed by atoms with Crippen molar-refractivity contribution in [2.45, 2.75) is 52.1 Å². The fourth-order valence-electron chi connectivity index (χ4n) is 2.99. The van der Waals surface area contributed by atoms with Crippen LogP contribution in [-0.2, 0) is 11.4 Å². The summed E-state index contributed by atoms with van der Waals surface area (Å²) in [4.78, 5) is 9.90. The van der Waals surface area contributed by atoms with Crippen molar-refractivity contribution in [3.63, 3.8) is 0 Å². The molecular formula is C23H34N4OS. The Labute approximate surface area is 180 Å². The number of pyridine rings is 1. The van der Waals surface area contributed by atoms with E-state index in [2.05, 4.69) is 51.9 Å². The molecule has 0 aliphatic rings. The first-order valence-electron chi connectivity index (χ1n) is 10.6. The summed E-state index contributed by atoms with van der Waals surface area (Å²) in [5.74, 6) is 0. The summed E-state index contributed by atoms with van der Waals surface area (Å²) in [5, 5.41) is 9.17. The van der Waals surface area contributed by atoms with Gasteiger partial charge in [-0.1, -0.05) is 62.9 Å². The number of aromatic nitrogens is 1. The molecule has 158 valence electrons. The lowest BCUT2D eigenvalue weighted by molar-refractivity contribution is -0.167. The molecule has 0 radical (unpaired) electrons. The number of hydrogen-bond acceptors (Lipinski definition) is 4. The highest BCUT2D eigenvalue weighted by molar-refractivity contribution is 7.80. The molecule has 0 amide bonds. The van der Waals surface area contributed by atoms with Crippen molar-refractivity contribution < 1.29 is 4.84 Å². The SMILES string of the molecule is CCN(CCCCCCCCNC(=S)Nc1ccncc1)OCc1ccccc1. The smallest absolute Gasteiger partial charge is 0.170 e. The number of benzene rings is 1. The average molecular weight is 415 g/mol. The van der Waals surface area contributed by atoms with Crippen LogP contribution in [0.15, 0.2) is 54.9 Å². The Balaban J connectivity index is 1.41. The van der Waals surface area contributed by atoms with Gasteiger partial charge >= 0.3 is 0 Å². The van der Waals surface area contributed by atoms with Gasteiger partial charge in [0.05, 0.1) is 6.61 Å². The molecule has 0 saturated heterocycles. The summed E-state index contributed by atoms with van der Waals surface area (Å²) >= 11 is 5.30. The minimum Gasteiger partial charge on any atom is -0.362 e. The van der Waals surface area contributed by atoms with Gasteiger partial charge in [-0.05, 0) is 42.8 Å². The van der Waals surface area contributed by atoms with Crippen molar-refractivity contribution >= 4 is 23.0 Å². The highest BCUT2D eigenvalue weighted by Crippen LogP contribution is 2.08. The lowest BCUT2D eigenvalue weighted by Crippen LogP contribution is -2.29.